The van der Waals surface area contributed by atoms with E-state index in [2.05, 4.69) is 207 Å². The molecule has 0 radical (unpaired) electrons. The Morgan fingerprint density at radius 3 is 1.37 bits per heavy atom. The molecule has 0 fully saturated rings. The number of benzene rings is 9. The molecule has 0 atom stereocenters. The largest absolute Gasteiger partial charge is 0.310 e. The van der Waals surface area contributed by atoms with Crippen LogP contribution in [0.2, 0.25) is 0 Å². The molecular formula is C53H37N. The fraction of sp³-hybridized carbons (Fsp3) is 0.0566. The zero-order valence-corrected chi connectivity index (χ0v) is 30.3. The van der Waals surface area contributed by atoms with Crippen LogP contribution in [0.5, 0.6) is 0 Å². The molecule has 0 N–H and O–H groups in total. The first kappa shape index (κ1) is 30.9. The number of nitrogens with zero attached hydrogens (tertiary/aromatic N) is 1. The summed E-state index contributed by atoms with van der Waals surface area (Å²) in [5, 5.41) is 4.98. The molecule has 0 heterocycles. The van der Waals surface area contributed by atoms with E-state index in [1.807, 2.05) is 0 Å². The van der Waals surface area contributed by atoms with Crippen LogP contribution in [0.25, 0.3) is 77.2 Å². The average molecular weight is 688 g/mol. The summed E-state index contributed by atoms with van der Waals surface area (Å²) in [6, 6.07) is 70.0. The van der Waals surface area contributed by atoms with E-state index < -0.39 is 0 Å². The molecule has 0 amide bonds. The van der Waals surface area contributed by atoms with Gasteiger partial charge in [-0.1, -0.05) is 172 Å². The summed E-state index contributed by atoms with van der Waals surface area (Å²) >= 11 is 0. The smallest absolute Gasteiger partial charge is 0.0546 e. The lowest BCUT2D eigenvalue weighted by atomic mass is 9.80. The van der Waals surface area contributed by atoms with E-state index >= 15 is 0 Å². The highest BCUT2D eigenvalue weighted by Crippen LogP contribution is 2.53. The Labute approximate surface area is 316 Å². The van der Waals surface area contributed by atoms with Gasteiger partial charge in [0.25, 0.3) is 0 Å². The van der Waals surface area contributed by atoms with Gasteiger partial charge >= 0.3 is 0 Å². The van der Waals surface area contributed by atoms with E-state index in [-0.39, 0.29) is 5.41 Å². The lowest BCUT2D eigenvalue weighted by Crippen LogP contribution is -2.16. The SMILES string of the molecule is CC1(C)c2ccccc2-c2ccc(N(c3ccc4c(c3)-c3ccccc3-c3ccccc3-c3ccccc3-4)c3cc4ccccc4c4ccccc34)cc21. The molecule has 9 aromatic rings. The third-order valence-electron chi connectivity index (χ3n) is 12.0. The third-order valence-corrected chi connectivity index (χ3v) is 12.0. The summed E-state index contributed by atoms with van der Waals surface area (Å²) < 4.78 is 0. The van der Waals surface area contributed by atoms with Crippen LogP contribution in [-0.2, 0) is 5.41 Å². The zero-order valence-electron chi connectivity index (χ0n) is 30.3. The standard InChI is InChI=1S/C53H37N/c1-53(2)50-26-14-13-24-46(50)47-30-28-36(33-51(47)53)54(52-31-34-15-3-4-16-37(34)38-17-11-12-25-48(38)52)35-27-29-45-43-22-8-7-20-41(43)39-18-5-6-19-40(39)42-21-9-10-23-44(42)49(45)32-35/h3-33H,1-2H3. The maximum Gasteiger partial charge on any atom is 0.0546 e. The van der Waals surface area contributed by atoms with Gasteiger partial charge in [-0.05, 0) is 113 Å². The molecule has 54 heavy (non-hydrogen) atoms. The Hall–Kier alpha value is -6.70. The molecule has 1 heteroatoms. The fourth-order valence-electron chi connectivity index (χ4n) is 9.47. The first-order valence-corrected chi connectivity index (χ1v) is 18.9. The van der Waals surface area contributed by atoms with Gasteiger partial charge in [0.05, 0.1) is 5.69 Å². The Bertz CT molecular complexity index is 2980. The Morgan fingerprint density at radius 1 is 0.315 bits per heavy atom. The van der Waals surface area contributed by atoms with Gasteiger partial charge in [-0.25, -0.2) is 0 Å². The van der Waals surface area contributed by atoms with Crippen LogP contribution in [-0.4, -0.2) is 0 Å². The van der Waals surface area contributed by atoms with Crippen LogP contribution in [0.15, 0.2) is 188 Å². The molecule has 0 aromatic heterocycles. The number of fused-ring (bicyclic) bond motifs is 14. The molecule has 254 valence electrons. The molecule has 0 saturated carbocycles. The highest BCUT2D eigenvalue weighted by atomic mass is 15.1. The second-order valence-corrected chi connectivity index (χ2v) is 15.3. The highest BCUT2D eigenvalue weighted by molar-refractivity contribution is 6.15. The van der Waals surface area contributed by atoms with Crippen molar-refractivity contribution >= 4 is 38.6 Å². The first-order valence-electron chi connectivity index (χ1n) is 18.9. The highest BCUT2D eigenvalue weighted by Gasteiger charge is 2.36. The van der Waals surface area contributed by atoms with Crippen LogP contribution in [0, 0.1) is 0 Å². The number of hydrogen-bond acceptors (Lipinski definition) is 1. The Morgan fingerprint density at radius 2 is 0.741 bits per heavy atom. The van der Waals surface area contributed by atoms with E-state index in [1.54, 1.807) is 0 Å². The summed E-state index contributed by atoms with van der Waals surface area (Å²) in [6.07, 6.45) is 0. The van der Waals surface area contributed by atoms with E-state index in [4.69, 9.17) is 0 Å². The van der Waals surface area contributed by atoms with Gasteiger partial charge in [-0.15, -0.1) is 0 Å². The molecular weight excluding hydrogens is 651 g/mol. The molecule has 0 spiro atoms. The predicted molar refractivity (Wildman–Crippen MR) is 229 cm³/mol. The first-order chi connectivity index (χ1) is 26.6. The zero-order chi connectivity index (χ0) is 36.0. The van der Waals surface area contributed by atoms with Gasteiger partial charge in [0.15, 0.2) is 0 Å². The van der Waals surface area contributed by atoms with Crippen molar-refractivity contribution < 1.29 is 0 Å². The molecule has 0 unspecified atom stereocenters. The van der Waals surface area contributed by atoms with Crippen molar-refractivity contribution in [2.24, 2.45) is 0 Å². The minimum Gasteiger partial charge on any atom is -0.310 e. The molecule has 2 aliphatic carbocycles. The topological polar surface area (TPSA) is 3.24 Å². The van der Waals surface area contributed by atoms with Crippen molar-refractivity contribution in [3.05, 3.63) is 199 Å². The Kier molecular flexibility index (Phi) is 6.66. The van der Waals surface area contributed by atoms with Crippen LogP contribution < -0.4 is 4.90 Å². The van der Waals surface area contributed by atoms with Crippen LogP contribution in [0.4, 0.5) is 17.1 Å². The summed E-state index contributed by atoms with van der Waals surface area (Å²) in [4.78, 5) is 2.51. The maximum absolute atomic E-state index is 2.51. The summed E-state index contributed by atoms with van der Waals surface area (Å²) in [6.45, 7) is 4.74. The molecule has 0 saturated heterocycles. The van der Waals surface area contributed by atoms with E-state index in [0.717, 1.165) is 11.4 Å². The predicted octanol–water partition coefficient (Wildman–Crippen LogP) is 14.8. The van der Waals surface area contributed by atoms with Crippen LogP contribution in [0.1, 0.15) is 25.0 Å². The van der Waals surface area contributed by atoms with E-state index in [9.17, 15) is 0 Å². The molecule has 9 aromatic carbocycles. The van der Waals surface area contributed by atoms with Crippen LogP contribution in [0.3, 0.4) is 0 Å². The molecule has 11 rings (SSSR count). The molecule has 1 nitrogen and oxygen atoms in total. The van der Waals surface area contributed by atoms with Gasteiger partial charge in [0.2, 0.25) is 0 Å². The Balaban J connectivity index is 1.22. The summed E-state index contributed by atoms with van der Waals surface area (Å²) in [5.74, 6) is 0. The monoisotopic (exact) mass is 687 g/mol. The summed E-state index contributed by atoms with van der Waals surface area (Å²) in [7, 11) is 0. The normalized spacial score (nSPS) is 13.1. The van der Waals surface area contributed by atoms with Gasteiger partial charge in [0.1, 0.15) is 0 Å². The maximum atomic E-state index is 2.51. The van der Waals surface area contributed by atoms with Crippen molar-refractivity contribution in [1.29, 1.82) is 0 Å². The van der Waals surface area contributed by atoms with Gasteiger partial charge in [-0.3, -0.25) is 0 Å². The number of rotatable bonds is 3. The van der Waals surface area contributed by atoms with Crippen molar-refractivity contribution in [2.45, 2.75) is 19.3 Å². The number of hydrogen-bond donors (Lipinski definition) is 0. The second-order valence-electron chi connectivity index (χ2n) is 15.3. The summed E-state index contributed by atoms with van der Waals surface area (Å²) in [5.41, 5.74) is 18.7. The molecule has 0 bridgehead atoms. The van der Waals surface area contributed by atoms with Crippen LogP contribution >= 0.6 is 0 Å². The van der Waals surface area contributed by atoms with Gasteiger partial charge in [-0.2, -0.15) is 0 Å². The van der Waals surface area contributed by atoms with E-state index in [0.29, 0.717) is 0 Å². The van der Waals surface area contributed by atoms with Crippen molar-refractivity contribution in [2.75, 3.05) is 4.90 Å². The van der Waals surface area contributed by atoms with Crippen molar-refractivity contribution in [3.8, 4) is 55.6 Å². The van der Waals surface area contributed by atoms with Gasteiger partial charge in [0, 0.05) is 22.2 Å². The lowest BCUT2D eigenvalue weighted by molar-refractivity contribution is 0.660. The fourth-order valence-corrected chi connectivity index (χ4v) is 9.47. The number of anilines is 3. The average Bonchev–Trinajstić information content (AvgIpc) is 3.46. The molecule has 2 aliphatic rings. The third kappa shape index (κ3) is 4.45. The minimum absolute atomic E-state index is 0.124. The van der Waals surface area contributed by atoms with E-state index in [1.165, 1.54) is 94.0 Å². The quantitative estimate of drug-likeness (QED) is 0.167. The lowest BCUT2D eigenvalue weighted by Gasteiger charge is -2.31. The van der Waals surface area contributed by atoms with Gasteiger partial charge < -0.3 is 4.90 Å². The second kappa shape index (κ2) is 11.7. The molecule has 0 aliphatic heterocycles. The minimum atomic E-state index is -0.124. The van der Waals surface area contributed by atoms with Crippen molar-refractivity contribution in [3.63, 3.8) is 0 Å². The van der Waals surface area contributed by atoms with Crippen molar-refractivity contribution in [1.82, 2.24) is 0 Å².